The maximum atomic E-state index is 5.82. The van der Waals surface area contributed by atoms with Gasteiger partial charge in [0.1, 0.15) is 5.69 Å². The minimum Gasteiger partial charge on any atom is -0.437 e. The van der Waals surface area contributed by atoms with Gasteiger partial charge >= 0.3 is 0 Å². The van der Waals surface area contributed by atoms with Crippen LogP contribution in [0.3, 0.4) is 0 Å². The lowest BCUT2D eigenvalue weighted by Gasteiger charge is -2.22. The minimum absolute atomic E-state index is 0.545. The topological polar surface area (TPSA) is 47.3 Å². The van der Waals surface area contributed by atoms with Crippen molar-refractivity contribution in [2.24, 2.45) is 0 Å². The van der Waals surface area contributed by atoms with Crippen LogP contribution >= 0.6 is 23.4 Å². The summed E-state index contributed by atoms with van der Waals surface area (Å²) in [4.78, 5) is 5.50. The number of oxazole rings is 1. The Bertz CT molecular complexity index is 612. The predicted molar refractivity (Wildman–Crippen MR) is 131 cm³/mol. The number of benzene rings is 1. The maximum absolute atomic E-state index is 5.82. The van der Waals surface area contributed by atoms with Crippen LogP contribution in [0.1, 0.15) is 77.5 Å². The molecule has 1 fully saturated rings. The quantitative estimate of drug-likeness (QED) is 0.451. The van der Waals surface area contributed by atoms with E-state index in [-0.39, 0.29) is 0 Å². The van der Waals surface area contributed by atoms with E-state index in [4.69, 9.17) is 16.0 Å². The van der Waals surface area contributed by atoms with Gasteiger partial charge in [0, 0.05) is 37.6 Å². The molecule has 0 aliphatic heterocycles. The van der Waals surface area contributed by atoms with Gasteiger partial charge in [0.15, 0.2) is 11.5 Å². The van der Waals surface area contributed by atoms with Crippen molar-refractivity contribution in [1.82, 2.24) is 10.3 Å². The second kappa shape index (κ2) is 19.9. The van der Waals surface area contributed by atoms with Gasteiger partial charge in [-0.05, 0) is 30.5 Å². The van der Waals surface area contributed by atoms with E-state index in [2.05, 4.69) is 41.0 Å². The molecule has 0 unspecified atom stereocenters. The second-order valence-electron chi connectivity index (χ2n) is 6.80. The molecule has 30 heavy (non-hydrogen) atoms. The highest BCUT2D eigenvalue weighted by molar-refractivity contribution is 7.99. The number of nitrogens with zero attached hydrogens (tertiary/aromatic N) is 1. The molecule has 1 aromatic heterocycles. The normalized spacial score (nSPS) is 13.2. The third-order valence-electron chi connectivity index (χ3n) is 4.06. The van der Waals surface area contributed by atoms with Crippen molar-refractivity contribution in [2.75, 3.05) is 14.2 Å². The molecule has 6 heteroatoms. The fraction of sp³-hybridized carbons (Fsp3) is 0.625. The number of methoxy groups -OCH3 is 1. The number of rotatable bonds is 6. The number of nitrogens with one attached hydrogen (secondary N) is 1. The summed E-state index contributed by atoms with van der Waals surface area (Å²) in [6.45, 7) is 9.03. The van der Waals surface area contributed by atoms with Crippen LogP contribution in [-0.4, -0.2) is 25.2 Å². The zero-order chi connectivity index (χ0) is 22.6. The summed E-state index contributed by atoms with van der Waals surface area (Å²) in [5.74, 6) is 0.545. The Hall–Kier alpha value is -1.01. The Morgan fingerprint density at radius 2 is 1.67 bits per heavy atom. The van der Waals surface area contributed by atoms with E-state index >= 15 is 0 Å². The molecular weight excluding hydrogens is 416 g/mol. The highest BCUT2D eigenvalue weighted by atomic mass is 35.5. The summed E-state index contributed by atoms with van der Waals surface area (Å²) < 4.78 is 9.80. The molecule has 0 amide bonds. The van der Waals surface area contributed by atoms with Crippen LogP contribution in [-0.2, 0) is 17.2 Å². The van der Waals surface area contributed by atoms with Gasteiger partial charge in [0.2, 0.25) is 0 Å². The Morgan fingerprint density at radius 3 is 2.20 bits per heavy atom. The van der Waals surface area contributed by atoms with E-state index in [0.717, 1.165) is 27.8 Å². The fourth-order valence-electron chi connectivity index (χ4n) is 2.76. The number of alkyl halides is 1. The molecule has 0 spiro atoms. The van der Waals surface area contributed by atoms with Crippen LogP contribution < -0.4 is 5.32 Å². The summed E-state index contributed by atoms with van der Waals surface area (Å²) in [5.41, 5.74) is 2.12. The third kappa shape index (κ3) is 12.6. The molecular formula is C24H41ClN2O2S. The number of hydrogen-bond acceptors (Lipinski definition) is 5. The SMILES string of the molecule is CC.CCC.COC.ClCc1ccc(Sc2ocnc2CNC2CCCCC2)cc1. The lowest BCUT2D eigenvalue weighted by Crippen LogP contribution is -2.30. The van der Waals surface area contributed by atoms with Crippen LogP contribution in [0, 0.1) is 0 Å². The Labute approximate surface area is 193 Å². The van der Waals surface area contributed by atoms with Gasteiger partial charge in [-0.25, -0.2) is 4.98 Å². The van der Waals surface area contributed by atoms with Crippen molar-refractivity contribution in [3.8, 4) is 0 Å². The van der Waals surface area contributed by atoms with E-state index in [1.165, 1.54) is 44.9 Å². The van der Waals surface area contributed by atoms with Crippen LogP contribution in [0.25, 0.3) is 0 Å². The molecule has 1 aliphatic carbocycles. The molecule has 1 aromatic carbocycles. The molecule has 2 aromatic rings. The van der Waals surface area contributed by atoms with Crippen molar-refractivity contribution in [3.63, 3.8) is 0 Å². The molecule has 4 nitrogen and oxygen atoms in total. The van der Waals surface area contributed by atoms with Gasteiger partial charge in [-0.15, -0.1) is 11.6 Å². The van der Waals surface area contributed by atoms with Gasteiger partial charge in [-0.2, -0.15) is 0 Å². The van der Waals surface area contributed by atoms with Gasteiger partial charge in [-0.3, -0.25) is 0 Å². The smallest absolute Gasteiger partial charge is 0.189 e. The van der Waals surface area contributed by atoms with Gasteiger partial charge in [0.05, 0.1) is 0 Å². The van der Waals surface area contributed by atoms with Crippen molar-refractivity contribution < 1.29 is 9.15 Å². The van der Waals surface area contributed by atoms with Crippen LogP contribution in [0.5, 0.6) is 0 Å². The zero-order valence-electron chi connectivity index (χ0n) is 19.7. The van der Waals surface area contributed by atoms with E-state index < -0.39 is 0 Å². The maximum Gasteiger partial charge on any atom is 0.189 e. The fourth-order valence-corrected chi connectivity index (χ4v) is 3.76. The highest BCUT2D eigenvalue weighted by Crippen LogP contribution is 2.30. The third-order valence-corrected chi connectivity index (χ3v) is 5.39. The summed E-state index contributed by atoms with van der Waals surface area (Å²) in [7, 11) is 3.25. The first-order valence-electron chi connectivity index (χ1n) is 11.1. The van der Waals surface area contributed by atoms with E-state index in [1.54, 1.807) is 26.0 Å². The number of hydrogen-bond donors (Lipinski definition) is 1. The molecule has 0 saturated heterocycles. The number of ether oxygens (including phenoxy) is 1. The predicted octanol–water partition coefficient (Wildman–Crippen LogP) is 7.69. The molecule has 1 aliphatic rings. The molecule has 172 valence electrons. The second-order valence-corrected chi connectivity index (χ2v) is 8.11. The van der Waals surface area contributed by atoms with Gasteiger partial charge in [-0.1, -0.05) is 77.3 Å². The van der Waals surface area contributed by atoms with Crippen LogP contribution in [0.4, 0.5) is 0 Å². The minimum atomic E-state index is 0.545. The first kappa shape index (κ1) is 29.0. The summed E-state index contributed by atoms with van der Waals surface area (Å²) >= 11 is 7.43. The van der Waals surface area contributed by atoms with E-state index in [0.29, 0.717) is 11.9 Å². The first-order valence-corrected chi connectivity index (χ1v) is 12.4. The lowest BCUT2D eigenvalue weighted by molar-refractivity contribution is 0.277. The first-order chi connectivity index (χ1) is 14.7. The molecule has 0 atom stereocenters. The van der Waals surface area contributed by atoms with Crippen molar-refractivity contribution in [1.29, 1.82) is 0 Å². The standard InChI is InChI=1S/C17H21ClN2OS.C3H8.C2H6O.C2H6/c18-10-13-6-8-15(9-7-13)22-17-16(20-12-21-17)11-19-14-4-2-1-3-5-14;2*1-3-2;1-2/h6-9,12,14,19H,1-5,10-11H2;3H2,1-2H3;1-2H3;1-2H3. The van der Waals surface area contributed by atoms with E-state index in [1.807, 2.05) is 26.0 Å². The summed E-state index contributed by atoms with van der Waals surface area (Å²) in [6.07, 6.45) is 9.39. The molecule has 0 bridgehead atoms. The van der Waals surface area contributed by atoms with Gasteiger partial charge in [0.25, 0.3) is 0 Å². The molecule has 0 radical (unpaired) electrons. The average molecular weight is 457 g/mol. The molecule has 1 N–H and O–H groups in total. The summed E-state index contributed by atoms with van der Waals surface area (Å²) in [5, 5.41) is 4.49. The summed E-state index contributed by atoms with van der Waals surface area (Å²) in [6, 6.07) is 8.87. The lowest BCUT2D eigenvalue weighted by atomic mass is 9.95. The zero-order valence-corrected chi connectivity index (χ0v) is 21.2. The Morgan fingerprint density at radius 1 is 1.10 bits per heavy atom. The average Bonchev–Trinajstić information content (AvgIpc) is 3.23. The Balaban J connectivity index is 0.000000923. The monoisotopic (exact) mass is 456 g/mol. The molecule has 1 heterocycles. The van der Waals surface area contributed by atoms with Crippen molar-refractivity contribution >= 4 is 23.4 Å². The number of aromatic nitrogens is 1. The molecule has 3 rings (SSSR count). The highest BCUT2D eigenvalue weighted by Gasteiger charge is 2.15. The van der Waals surface area contributed by atoms with Crippen LogP contribution in [0.15, 0.2) is 45.1 Å². The Kier molecular flexibility index (Phi) is 19.3. The van der Waals surface area contributed by atoms with Crippen molar-refractivity contribution in [2.45, 2.75) is 94.7 Å². The molecule has 1 saturated carbocycles. The van der Waals surface area contributed by atoms with Gasteiger partial charge < -0.3 is 14.5 Å². The van der Waals surface area contributed by atoms with Crippen LogP contribution in [0.2, 0.25) is 0 Å². The van der Waals surface area contributed by atoms with Crippen molar-refractivity contribution in [3.05, 3.63) is 41.9 Å². The largest absolute Gasteiger partial charge is 0.437 e. The number of halogens is 1. The van der Waals surface area contributed by atoms with E-state index in [9.17, 15) is 0 Å².